The summed E-state index contributed by atoms with van der Waals surface area (Å²) in [5, 5.41) is 0. The van der Waals surface area contributed by atoms with Gasteiger partial charge in [-0.15, -0.1) is 0 Å². The highest BCUT2D eigenvalue weighted by molar-refractivity contribution is 14.1. The van der Waals surface area contributed by atoms with Crippen molar-refractivity contribution in [1.82, 2.24) is 0 Å². The highest BCUT2D eigenvalue weighted by Crippen LogP contribution is 2.33. The van der Waals surface area contributed by atoms with Gasteiger partial charge in [-0.3, -0.25) is 0 Å². The second-order valence-electron chi connectivity index (χ2n) is 5.14. The first-order chi connectivity index (χ1) is 9.54. The number of ether oxygens (including phenoxy) is 1. The molecule has 0 amide bonds. The molecule has 104 valence electrons. The second kappa shape index (κ2) is 5.33. The van der Waals surface area contributed by atoms with Crippen LogP contribution >= 0.6 is 22.6 Å². The molecule has 2 nitrogen and oxygen atoms in total. The van der Waals surface area contributed by atoms with Gasteiger partial charge in [0.1, 0.15) is 17.7 Å². The fourth-order valence-electron chi connectivity index (χ4n) is 2.57. The minimum absolute atomic E-state index is 0.224. The van der Waals surface area contributed by atoms with Gasteiger partial charge in [0, 0.05) is 9.99 Å². The van der Waals surface area contributed by atoms with E-state index in [-0.39, 0.29) is 18.0 Å². The highest BCUT2D eigenvalue weighted by Gasteiger charge is 2.21. The Labute approximate surface area is 131 Å². The molecular weight excluding hydrogens is 368 g/mol. The minimum atomic E-state index is -0.247. The van der Waals surface area contributed by atoms with Crippen molar-refractivity contribution in [3.8, 4) is 5.75 Å². The van der Waals surface area contributed by atoms with Gasteiger partial charge in [-0.1, -0.05) is 18.2 Å². The summed E-state index contributed by atoms with van der Waals surface area (Å²) in [7, 11) is 0. The molecule has 20 heavy (non-hydrogen) atoms. The van der Waals surface area contributed by atoms with Crippen molar-refractivity contribution in [2.45, 2.75) is 25.5 Å². The number of hydrogen-bond acceptors (Lipinski definition) is 2. The largest absolute Gasteiger partial charge is 0.490 e. The zero-order valence-electron chi connectivity index (χ0n) is 11.1. The van der Waals surface area contributed by atoms with Gasteiger partial charge in [-0.05, 0) is 64.4 Å². The Morgan fingerprint density at radius 2 is 2.10 bits per heavy atom. The maximum Gasteiger partial charge on any atom is 0.124 e. The van der Waals surface area contributed by atoms with Gasteiger partial charge in [0.25, 0.3) is 0 Å². The third kappa shape index (κ3) is 2.54. The van der Waals surface area contributed by atoms with Gasteiger partial charge in [-0.2, -0.15) is 0 Å². The minimum Gasteiger partial charge on any atom is -0.490 e. The van der Waals surface area contributed by atoms with Crippen molar-refractivity contribution in [2.24, 2.45) is 5.73 Å². The van der Waals surface area contributed by atoms with E-state index < -0.39 is 0 Å². The quantitative estimate of drug-likeness (QED) is 0.801. The van der Waals surface area contributed by atoms with E-state index >= 15 is 0 Å². The number of benzene rings is 2. The molecule has 2 unspecified atom stereocenters. The lowest BCUT2D eigenvalue weighted by molar-refractivity contribution is 0.254. The van der Waals surface area contributed by atoms with E-state index in [4.69, 9.17) is 10.5 Å². The average molecular weight is 383 g/mol. The summed E-state index contributed by atoms with van der Waals surface area (Å²) >= 11 is 2.12. The van der Waals surface area contributed by atoms with Crippen LogP contribution in [0.2, 0.25) is 0 Å². The van der Waals surface area contributed by atoms with Crippen molar-refractivity contribution in [3.05, 3.63) is 62.5 Å². The Hall–Kier alpha value is -1.14. The van der Waals surface area contributed by atoms with E-state index in [0.29, 0.717) is 0 Å². The summed E-state index contributed by atoms with van der Waals surface area (Å²) < 4.78 is 19.7. The third-order valence-corrected chi connectivity index (χ3v) is 4.51. The molecule has 2 atom stereocenters. The summed E-state index contributed by atoms with van der Waals surface area (Å²) in [6.07, 6.45) is 1.14. The number of halogens is 2. The van der Waals surface area contributed by atoms with E-state index in [1.807, 2.05) is 12.1 Å². The van der Waals surface area contributed by atoms with Crippen LogP contribution in [0, 0.1) is 9.39 Å². The third-order valence-electron chi connectivity index (χ3n) is 3.58. The van der Waals surface area contributed by atoms with Crippen LogP contribution in [0.15, 0.2) is 36.4 Å². The van der Waals surface area contributed by atoms with Crippen molar-refractivity contribution in [2.75, 3.05) is 0 Å². The van der Waals surface area contributed by atoms with E-state index in [2.05, 4.69) is 35.6 Å². The van der Waals surface area contributed by atoms with Crippen LogP contribution in [-0.2, 0) is 6.42 Å². The first-order valence-corrected chi connectivity index (χ1v) is 7.62. The van der Waals surface area contributed by atoms with Crippen molar-refractivity contribution < 1.29 is 9.13 Å². The Morgan fingerprint density at radius 3 is 2.85 bits per heavy atom. The summed E-state index contributed by atoms with van der Waals surface area (Å²) in [5.41, 5.74) is 9.50. The molecule has 0 aromatic heterocycles. The molecule has 0 radical (unpaired) electrons. The van der Waals surface area contributed by atoms with Gasteiger partial charge < -0.3 is 10.5 Å². The van der Waals surface area contributed by atoms with E-state index in [1.54, 1.807) is 6.07 Å². The lowest BCUT2D eigenvalue weighted by atomic mass is 9.97. The number of fused-ring (bicyclic) bond motifs is 1. The molecule has 1 heterocycles. The molecular formula is C16H15FINO. The van der Waals surface area contributed by atoms with Gasteiger partial charge in [0.15, 0.2) is 0 Å². The van der Waals surface area contributed by atoms with Crippen LogP contribution in [0.4, 0.5) is 4.39 Å². The smallest absolute Gasteiger partial charge is 0.124 e. The van der Waals surface area contributed by atoms with E-state index in [0.717, 1.165) is 26.9 Å². The monoisotopic (exact) mass is 383 g/mol. The summed E-state index contributed by atoms with van der Waals surface area (Å²) in [4.78, 5) is 0. The van der Waals surface area contributed by atoms with Gasteiger partial charge in [0.05, 0.1) is 6.04 Å². The fourth-order valence-corrected chi connectivity index (χ4v) is 3.38. The summed E-state index contributed by atoms with van der Waals surface area (Å²) in [5.74, 6) is 0.712. The van der Waals surface area contributed by atoms with E-state index in [9.17, 15) is 4.39 Å². The average Bonchev–Trinajstić information content (AvgIpc) is 2.77. The standard InChI is InChI=1S/C16H15FINO/c1-9-6-11-7-10(2-5-15(11)20-9)16(19)13-4-3-12(17)8-14(13)18/h2-5,7-9,16H,6,19H2,1H3. The zero-order chi connectivity index (χ0) is 14.3. The molecule has 1 aliphatic heterocycles. The number of nitrogens with two attached hydrogens (primary N) is 1. The van der Waals surface area contributed by atoms with Crippen LogP contribution in [0.25, 0.3) is 0 Å². The molecule has 1 aliphatic rings. The lowest BCUT2D eigenvalue weighted by Crippen LogP contribution is -2.13. The molecule has 0 saturated carbocycles. The van der Waals surface area contributed by atoms with Crippen molar-refractivity contribution in [3.63, 3.8) is 0 Å². The Balaban J connectivity index is 1.95. The maximum absolute atomic E-state index is 13.2. The van der Waals surface area contributed by atoms with Gasteiger partial charge in [0.2, 0.25) is 0 Å². The molecule has 2 N–H and O–H groups in total. The van der Waals surface area contributed by atoms with Gasteiger partial charge >= 0.3 is 0 Å². The van der Waals surface area contributed by atoms with Crippen molar-refractivity contribution >= 4 is 22.6 Å². The molecule has 4 heteroatoms. The Morgan fingerprint density at radius 1 is 1.30 bits per heavy atom. The van der Waals surface area contributed by atoms with Gasteiger partial charge in [-0.25, -0.2) is 4.39 Å². The van der Waals surface area contributed by atoms with Crippen LogP contribution in [-0.4, -0.2) is 6.10 Å². The van der Waals surface area contributed by atoms with E-state index in [1.165, 1.54) is 17.7 Å². The second-order valence-corrected chi connectivity index (χ2v) is 6.31. The molecule has 0 saturated heterocycles. The molecule has 0 spiro atoms. The topological polar surface area (TPSA) is 35.2 Å². The molecule has 0 fully saturated rings. The normalized spacial score (nSPS) is 18.5. The van der Waals surface area contributed by atoms with Crippen LogP contribution in [0.5, 0.6) is 5.75 Å². The van der Waals surface area contributed by atoms with Crippen LogP contribution in [0.1, 0.15) is 29.7 Å². The molecule has 0 aliphatic carbocycles. The Bertz CT molecular complexity index is 659. The number of hydrogen-bond donors (Lipinski definition) is 1. The maximum atomic E-state index is 13.2. The fraction of sp³-hybridized carbons (Fsp3) is 0.250. The zero-order valence-corrected chi connectivity index (χ0v) is 13.2. The number of rotatable bonds is 2. The Kier molecular flexibility index (Phi) is 3.69. The SMILES string of the molecule is CC1Cc2cc(C(N)c3ccc(F)cc3I)ccc2O1. The van der Waals surface area contributed by atoms with Crippen LogP contribution < -0.4 is 10.5 Å². The molecule has 2 aromatic carbocycles. The predicted molar refractivity (Wildman–Crippen MR) is 85.4 cm³/mol. The van der Waals surface area contributed by atoms with Crippen LogP contribution in [0.3, 0.4) is 0 Å². The predicted octanol–water partition coefficient (Wildman–Crippen LogP) is 3.80. The highest BCUT2D eigenvalue weighted by atomic mass is 127. The summed E-state index contributed by atoms with van der Waals surface area (Å²) in [6.45, 7) is 2.06. The first-order valence-electron chi connectivity index (χ1n) is 6.54. The lowest BCUT2D eigenvalue weighted by Gasteiger charge is -2.15. The first kappa shape index (κ1) is 13.8. The summed E-state index contributed by atoms with van der Waals surface area (Å²) in [6, 6.07) is 10.5. The molecule has 2 aromatic rings. The van der Waals surface area contributed by atoms with Crippen molar-refractivity contribution in [1.29, 1.82) is 0 Å². The molecule has 3 rings (SSSR count). The molecule has 0 bridgehead atoms.